The molecule has 1 fully saturated rings. The van der Waals surface area contributed by atoms with Crippen LogP contribution in [-0.4, -0.2) is 31.1 Å². The largest absolute Gasteiger partial charge is 0.490 e. The van der Waals surface area contributed by atoms with Crippen LogP contribution in [0, 0.1) is 5.82 Å². The van der Waals surface area contributed by atoms with Gasteiger partial charge in [-0.05, 0) is 61.4 Å². The molecular weight excluding hydrogens is 471 g/mol. The summed E-state index contributed by atoms with van der Waals surface area (Å²) in [5, 5.41) is 2.14. The third-order valence-corrected chi connectivity index (χ3v) is 5.00. The lowest BCUT2D eigenvalue weighted by Crippen LogP contribution is -2.54. The topological polar surface area (TPSA) is 84.9 Å². The fourth-order valence-corrected chi connectivity index (χ4v) is 3.33. The molecule has 162 valence electrons. The van der Waals surface area contributed by atoms with Gasteiger partial charge in [0.15, 0.2) is 11.5 Å². The van der Waals surface area contributed by atoms with Crippen molar-refractivity contribution < 1.29 is 28.2 Å². The average Bonchev–Trinajstić information content (AvgIpc) is 2.73. The molecule has 1 N–H and O–H groups in total. The first kappa shape index (κ1) is 22.5. The number of hydrogen-bond acceptors (Lipinski definition) is 5. The predicted octanol–water partition coefficient (Wildman–Crippen LogP) is 4.44. The van der Waals surface area contributed by atoms with Crippen LogP contribution in [0.3, 0.4) is 0 Å². The number of carbonyl (C=O) groups excluding carboxylic acids is 3. The number of halogens is 2. The number of rotatable bonds is 7. The minimum Gasteiger partial charge on any atom is -0.490 e. The van der Waals surface area contributed by atoms with Gasteiger partial charge in [0, 0.05) is 4.47 Å². The molecule has 1 aliphatic heterocycles. The maximum absolute atomic E-state index is 13.2. The maximum atomic E-state index is 13.2. The highest BCUT2D eigenvalue weighted by Crippen LogP contribution is 2.35. The molecule has 0 saturated carbocycles. The van der Waals surface area contributed by atoms with E-state index in [-0.39, 0.29) is 11.3 Å². The summed E-state index contributed by atoms with van der Waals surface area (Å²) in [7, 11) is 0. The lowest BCUT2D eigenvalue weighted by Gasteiger charge is -2.26. The molecule has 1 heterocycles. The lowest BCUT2D eigenvalue weighted by molar-refractivity contribution is -0.122. The second-order valence-electron chi connectivity index (χ2n) is 6.54. The normalized spacial score (nSPS) is 15.3. The van der Waals surface area contributed by atoms with Gasteiger partial charge in [-0.3, -0.25) is 14.9 Å². The zero-order valence-electron chi connectivity index (χ0n) is 16.9. The summed E-state index contributed by atoms with van der Waals surface area (Å²) in [5.74, 6) is -1.18. The molecule has 0 aromatic heterocycles. The molecule has 0 spiro atoms. The van der Waals surface area contributed by atoms with Gasteiger partial charge < -0.3 is 9.47 Å². The van der Waals surface area contributed by atoms with Gasteiger partial charge in [-0.2, -0.15) is 0 Å². The summed E-state index contributed by atoms with van der Waals surface area (Å²) >= 11 is 3.43. The van der Waals surface area contributed by atoms with E-state index in [1.807, 2.05) is 13.8 Å². The van der Waals surface area contributed by atoms with Crippen molar-refractivity contribution in [1.82, 2.24) is 5.32 Å². The first-order valence-corrected chi connectivity index (χ1v) is 10.4. The molecule has 0 bridgehead atoms. The van der Waals surface area contributed by atoms with Gasteiger partial charge in [0.2, 0.25) is 0 Å². The second-order valence-corrected chi connectivity index (χ2v) is 7.39. The fraction of sp³-hybridized carbons (Fsp3) is 0.227. The van der Waals surface area contributed by atoms with Gasteiger partial charge in [-0.15, -0.1) is 0 Å². The Morgan fingerprint density at radius 3 is 2.39 bits per heavy atom. The Labute approximate surface area is 186 Å². The van der Waals surface area contributed by atoms with Crippen molar-refractivity contribution in [3.63, 3.8) is 0 Å². The number of nitrogens with zero attached hydrogens (tertiary/aromatic N) is 1. The van der Waals surface area contributed by atoms with Crippen molar-refractivity contribution in [2.75, 3.05) is 18.1 Å². The molecule has 1 saturated heterocycles. The fourth-order valence-electron chi connectivity index (χ4n) is 2.89. The number of amides is 4. The summed E-state index contributed by atoms with van der Waals surface area (Å²) in [6.45, 7) is 4.71. The minimum absolute atomic E-state index is 0.139. The van der Waals surface area contributed by atoms with Gasteiger partial charge in [-0.1, -0.05) is 22.9 Å². The molecule has 2 aromatic carbocycles. The van der Waals surface area contributed by atoms with E-state index in [4.69, 9.17) is 9.47 Å². The number of anilines is 1. The molecule has 0 atom stereocenters. The summed E-state index contributed by atoms with van der Waals surface area (Å²) in [6, 6.07) is 7.24. The van der Waals surface area contributed by atoms with Gasteiger partial charge in [0.25, 0.3) is 11.8 Å². The predicted molar refractivity (Wildman–Crippen MR) is 116 cm³/mol. The molecule has 9 heteroatoms. The Morgan fingerprint density at radius 2 is 1.74 bits per heavy atom. The van der Waals surface area contributed by atoms with Crippen LogP contribution in [-0.2, 0) is 9.59 Å². The van der Waals surface area contributed by atoms with Gasteiger partial charge >= 0.3 is 6.03 Å². The van der Waals surface area contributed by atoms with Crippen molar-refractivity contribution in [3.05, 3.63) is 57.8 Å². The van der Waals surface area contributed by atoms with Crippen molar-refractivity contribution in [2.24, 2.45) is 0 Å². The highest BCUT2D eigenvalue weighted by atomic mass is 79.9. The number of benzene rings is 2. The highest BCUT2D eigenvalue weighted by Gasteiger charge is 2.37. The molecule has 1 aliphatic rings. The number of imide groups is 2. The zero-order valence-corrected chi connectivity index (χ0v) is 18.5. The van der Waals surface area contributed by atoms with Crippen molar-refractivity contribution in [3.8, 4) is 11.5 Å². The molecule has 0 radical (unpaired) electrons. The standard InChI is InChI=1S/C22H20BrFN2O5/c1-3-9-31-19-12-17(23)13(11-18(19)30-4-2)10-16-20(27)25-22(29)26(21(16)28)15-7-5-14(24)6-8-15/h5-8,10-12H,3-4,9H2,1-2H3,(H,25,27,29). The van der Waals surface area contributed by atoms with E-state index >= 15 is 0 Å². The first-order valence-electron chi connectivity index (χ1n) is 9.61. The minimum atomic E-state index is -0.906. The van der Waals surface area contributed by atoms with Crippen LogP contribution in [0.1, 0.15) is 25.8 Å². The molecule has 0 aliphatic carbocycles. The molecule has 0 unspecified atom stereocenters. The van der Waals surface area contributed by atoms with Crippen LogP contribution in [0.25, 0.3) is 6.08 Å². The van der Waals surface area contributed by atoms with Crippen LogP contribution in [0.5, 0.6) is 11.5 Å². The lowest BCUT2D eigenvalue weighted by atomic mass is 10.1. The van der Waals surface area contributed by atoms with E-state index in [1.54, 1.807) is 12.1 Å². The van der Waals surface area contributed by atoms with E-state index in [2.05, 4.69) is 21.2 Å². The number of urea groups is 1. The van der Waals surface area contributed by atoms with E-state index < -0.39 is 23.7 Å². The summed E-state index contributed by atoms with van der Waals surface area (Å²) in [6.07, 6.45) is 2.17. The Hall–Kier alpha value is -3.20. The number of hydrogen-bond donors (Lipinski definition) is 1. The van der Waals surface area contributed by atoms with E-state index in [9.17, 15) is 18.8 Å². The Balaban J connectivity index is 2.01. The molecule has 4 amide bonds. The van der Waals surface area contributed by atoms with E-state index in [1.165, 1.54) is 18.2 Å². The van der Waals surface area contributed by atoms with Crippen molar-refractivity contribution in [2.45, 2.75) is 20.3 Å². The van der Waals surface area contributed by atoms with Crippen LogP contribution in [0.2, 0.25) is 0 Å². The van der Waals surface area contributed by atoms with Gasteiger partial charge in [0.05, 0.1) is 18.9 Å². The van der Waals surface area contributed by atoms with Crippen molar-refractivity contribution in [1.29, 1.82) is 0 Å². The molecule has 2 aromatic rings. The second kappa shape index (κ2) is 9.74. The van der Waals surface area contributed by atoms with Crippen LogP contribution in [0.4, 0.5) is 14.9 Å². The van der Waals surface area contributed by atoms with E-state index in [0.29, 0.717) is 34.7 Å². The summed E-state index contributed by atoms with van der Waals surface area (Å²) in [4.78, 5) is 38.4. The third kappa shape index (κ3) is 4.93. The zero-order chi connectivity index (χ0) is 22.5. The van der Waals surface area contributed by atoms with Gasteiger partial charge in [0.1, 0.15) is 11.4 Å². The summed E-state index contributed by atoms with van der Waals surface area (Å²) in [5.41, 5.74) is 0.369. The molecular formula is C22H20BrFN2O5. The Kier molecular flexibility index (Phi) is 7.06. The Morgan fingerprint density at radius 1 is 1.06 bits per heavy atom. The highest BCUT2D eigenvalue weighted by molar-refractivity contribution is 9.10. The number of ether oxygens (including phenoxy) is 2. The van der Waals surface area contributed by atoms with Gasteiger partial charge in [-0.25, -0.2) is 14.1 Å². The molecule has 31 heavy (non-hydrogen) atoms. The summed E-state index contributed by atoms with van der Waals surface area (Å²) < 4.78 is 25.1. The van der Waals surface area contributed by atoms with Crippen molar-refractivity contribution >= 4 is 45.5 Å². The number of barbiturate groups is 1. The maximum Gasteiger partial charge on any atom is 0.335 e. The third-order valence-electron chi connectivity index (χ3n) is 4.31. The first-order chi connectivity index (χ1) is 14.8. The quantitative estimate of drug-likeness (QED) is 0.457. The monoisotopic (exact) mass is 490 g/mol. The molecule has 3 rings (SSSR count). The Bertz CT molecular complexity index is 1050. The van der Waals surface area contributed by atoms with Crippen LogP contribution < -0.4 is 19.7 Å². The van der Waals surface area contributed by atoms with Crippen LogP contribution in [0.15, 0.2) is 46.4 Å². The number of nitrogens with one attached hydrogen (secondary N) is 1. The average molecular weight is 491 g/mol. The SMILES string of the molecule is CCCOc1cc(Br)c(C=C2C(=O)NC(=O)N(c3ccc(F)cc3)C2=O)cc1OCC. The number of carbonyl (C=O) groups is 3. The smallest absolute Gasteiger partial charge is 0.335 e. The van der Waals surface area contributed by atoms with E-state index in [0.717, 1.165) is 23.5 Å². The molecule has 7 nitrogen and oxygen atoms in total. The van der Waals surface area contributed by atoms with Crippen LogP contribution >= 0.6 is 15.9 Å².